The Kier molecular flexibility index (Phi) is 35.2. The van der Waals surface area contributed by atoms with E-state index in [0.29, 0.717) is 47.9 Å². The average molecular weight is 1220 g/mol. The molecule has 1 aromatic rings. The topological polar surface area (TPSA) is 242 Å². The van der Waals surface area contributed by atoms with Gasteiger partial charge in [0, 0.05) is 103 Å². The van der Waals surface area contributed by atoms with Crippen LogP contribution in [0.1, 0.15) is 213 Å². The predicted molar refractivity (Wildman–Crippen MR) is 346 cm³/mol. The second kappa shape index (κ2) is 38.7. The van der Waals surface area contributed by atoms with E-state index in [9.17, 15) is 34.5 Å². The summed E-state index contributed by atoms with van der Waals surface area (Å²) in [6.45, 7) is 54.0. The first kappa shape index (κ1) is 78.3. The lowest BCUT2D eigenvalue weighted by atomic mass is 9.77. The van der Waals surface area contributed by atoms with Crippen molar-refractivity contribution in [1.29, 1.82) is 0 Å². The summed E-state index contributed by atoms with van der Waals surface area (Å²) in [5, 5.41) is 57.3. The van der Waals surface area contributed by atoms with Gasteiger partial charge in [-0.2, -0.15) is 0 Å². The number of aliphatic hydroxyl groups is 3. The van der Waals surface area contributed by atoms with Crippen molar-refractivity contribution in [3.8, 4) is 0 Å². The van der Waals surface area contributed by atoms with Gasteiger partial charge >= 0.3 is 11.9 Å². The Balaban J connectivity index is 0.000000344. The minimum absolute atomic E-state index is 0.0975. The smallest absolute Gasteiger partial charge is 0.311 e. The molecule has 1 aromatic heterocycles. The molecule has 0 radical (unpaired) electrons. The van der Waals surface area contributed by atoms with E-state index in [1.54, 1.807) is 13.0 Å². The maximum atomic E-state index is 11.6. The molecule has 6 unspecified atom stereocenters. The number of likely N-dealkylation sites (tertiary alicyclic amines) is 4. The van der Waals surface area contributed by atoms with Crippen molar-refractivity contribution in [3.63, 3.8) is 0 Å². The van der Waals surface area contributed by atoms with Crippen molar-refractivity contribution < 1.29 is 54.1 Å². The molecular weight excluding hydrogens is 1090 g/mol. The second-order valence-electron chi connectivity index (χ2n) is 29.2. The number of hydrogen-bond donors (Lipinski definition) is 6. The van der Waals surface area contributed by atoms with Crippen LogP contribution in [-0.4, -0.2) is 182 Å². The van der Waals surface area contributed by atoms with Gasteiger partial charge < -0.3 is 54.9 Å². The van der Waals surface area contributed by atoms with Crippen molar-refractivity contribution in [2.75, 3.05) is 78.5 Å². The van der Waals surface area contributed by atoms with Crippen LogP contribution in [0.2, 0.25) is 0 Å². The molecule has 6 atom stereocenters. The second-order valence-corrected chi connectivity index (χ2v) is 29.2. The highest BCUT2D eigenvalue weighted by molar-refractivity contribution is 5.89. The molecule has 7 heterocycles. The maximum Gasteiger partial charge on any atom is 0.311 e. The van der Waals surface area contributed by atoms with Gasteiger partial charge in [0.1, 0.15) is 24.1 Å². The lowest BCUT2D eigenvalue weighted by molar-refractivity contribution is -0.143. The Hall–Kier alpha value is -3.78. The third kappa shape index (κ3) is 29.7. The van der Waals surface area contributed by atoms with Crippen LogP contribution in [0.25, 0.3) is 0 Å². The zero-order valence-corrected chi connectivity index (χ0v) is 57.2. The van der Waals surface area contributed by atoms with Crippen molar-refractivity contribution in [1.82, 2.24) is 30.1 Å². The highest BCUT2D eigenvalue weighted by atomic mass is 16.6. The van der Waals surface area contributed by atoms with Crippen molar-refractivity contribution >= 4 is 29.3 Å². The number of oxime groups is 1. The monoisotopic (exact) mass is 1220 g/mol. The number of ketones is 1. The minimum atomic E-state index is -0.901. The molecule has 5 saturated heterocycles. The number of piperidine rings is 1. The summed E-state index contributed by atoms with van der Waals surface area (Å²) in [6.07, 6.45) is 10.4. The van der Waals surface area contributed by atoms with Crippen LogP contribution in [-0.2, 0) is 30.4 Å². The van der Waals surface area contributed by atoms with E-state index >= 15 is 0 Å². The fourth-order valence-electron chi connectivity index (χ4n) is 11.7. The van der Waals surface area contributed by atoms with E-state index in [0.717, 1.165) is 126 Å². The van der Waals surface area contributed by atoms with Gasteiger partial charge in [-0.15, -0.1) is 0 Å². The van der Waals surface area contributed by atoms with Crippen molar-refractivity contribution in [3.05, 3.63) is 29.8 Å². The van der Waals surface area contributed by atoms with Gasteiger partial charge in [-0.25, -0.2) is 0 Å². The number of rotatable bonds is 20. The first-order valence-corrected chi connectivity index (χ1v) is 33.2. The molecule has 1 aliphatic carbocycles. The van der Waals surface area contributed by atoms with Gasteiger partial charge in [0.15, 0.2) is 0 Å². The lowest BCUT2D eigenvalue weighted by Crippen LogP contribution is -2.64. The number of Topliss-reactive ketones (excluding diaryl/α,β-unsaturated/α-hetero) is 1. The number of hydrogen-bond acceptors (Lipinski definition) is 15. The van der Waals surface area contributed by atoms with Gasteiger partial charge in [-0.05, 0) is 111 Å². The number of β-amino-alcohol motifs (C(OH)–C–C–N with tert-alkyl or cyclic N) is 2. The van der Waals surface area contributed by atoms with E-state index in [1.807, 2.05) is 41.5 Å². The van der Waals surface area contributed by atoms with E-state index in [1.165, 1.54) is 51.3 Å². The number of allylic oxidation sites excluding steroid dienone is 1. The third-order valence-corrected chi connectivity index (χ3v) is 17.4. The summed E-state index contributed by atoms with van der Waals surface area (Å²) in [5.41, 5.74) is 2.28. The largest absolute Gasteiger partial charge is 0.481 e. The molecule has 86 heavy (non-hydrogen) atoms. The fourth-order valence-corrected chi connectivity index (χ4v) is 11.7. The van der Waals surface area contributed by atoms with Crippen LogP contribution in [0.3, 0.4) is 0 Å². The highest BCUT2D eigenvalue weighted by Gasteiger charge is 2.52. The summed E-state index contributed by atoms with van der Waals surface area (Å²) in [5.74, 6) is 4.56. The number of aliphatic carboxylic acids is 2. The lowest BCUT2D eigenvalue weighted by Gasteiger charge is -2.49. The Labute approximate surface area is 521 Å². The maximum absolute atomic E-state index is 11.6. The Morgan fingerprint density at radius 1 is 0.767 bits per heavy atom. The predicted octanol–water partition coefficient (Wildman–Crippen LogP) is 10.9. The van der Waals surface area contributed by atoms with Crippen molar-refractivity contribution in [2.24, 2.45) is 69.7 Å². The third-order valence-electron chi connectivity index (χ3n) is 17.4. The molecule has 6 N–H and O–H groups in total. The number of carbonyl (C=O) groups excluding carboxylic acids is 2. The van der Waals surface area contributed by atoms with E-state index < -0.39 is 17.5 Å². The van der Waals surface area contributed by atoms with E-state index in [-0.39, 0.29) is 53.5 Å². The SMILES string of the molecule is C=C1CC2(CN(CC(C)C)C2)C(=O)N1.CC(=O)CCN1CC(O)(C(C)C)C1.CC(C)C(O)CC1CCCC(C(=O)O)C1.CC(C)CN1CC(C)C1.CC(C)c1cc(CC(=O)O)on1.CC1CCCN(CC(O)C(C)C)C1.CCC1CC(C(C)C)=NO1. The van der Waals surface area contributed by atoms with Gasteiger partial charge in [-0.3, -0.25) is 24.1 Å². The van der Waals surface area contributed by atoms with Gasteiger partial charge in [0.25, 0.3) is 0 Å². The Morgan fingerprint density at radius 2 is 1.36 bits per heavy atom. The summed E-state index contributed by atoms with van der Waals surface area (Å²) in [4.78, 5) is 58.0. The molecule has 7 aliphatic rings. The first-order valence-electron chi connectivity index (χ1n) is 33.2. The average Bonchev–Trinajstić information content (AvgIpc) is 1.68. The molecule has 8 rings (SSSR count). The summed E-state index contributed by atoms with van der Waals surface area (Å²) >= 11 is 0. The van der Waals surface area contributed by atoms with Gasteiger partial charge in [0.2, 0.25) is 5.91 Å². The molecule has 498 valence electrons. The van der Waals surface area contributed by atoms with Crippen LogP contribution in [0.4, 0.5) is 0 Å². The number of amides is 1. The Morgan fingerprint density at radius 3 is 1.79 bits per heavy atom. The molecule has 1 saturated carbocycles. The number of carboxylic acids is 2. The van der Waals surface area contributed by atoms with Crippen LogP contribution < -0.4 is 5.32 Å². The molecule has 6 fully saturated rings. The van der Waals surface area contributed by atoms with Gasteiger partial charge in [0.05, 0.1) is 40.5 Å². The number of aliphatic hydroxyl groups excluding tert-OH is 2. The summed E-state index contributed by atoms with van der Waals surface area (Å²) < 4.78 is 4.81. The number of nitrogens with one attached hydrogen (secondary N) is 1. The van der Waals surface area contributed by atoms with Crippen LogP contribution in [0.15, 0.2) is 28.0 Å². The van der Waals surface area contributed by atoms with Crippen LogP contribution >= 0.6 is 0 Å². The zero-order valence-electron chi connectivity index (χ0n) is 57.2. The zero-order chi connectivity index (χ0) is 65.2. The van der Waals surface area contributed by atoms with Crippen molar-refractivity contribution in [2.45, 2.75) is 232 Å². The Bertz CT molecular complexity index is 2160. The van der Waals surface area contributed by atoms with E-state index in [4.69, 9.17) is 19.6 Å². The van der Waals surface area contributed by atoms with E-state index in [2.05, 4.69) is 118 Å². The summed E-state index contributed by atoms with van der Waals surface area (Å²) in [6, 6.07) is 1.68. The highest BCUT2D eigenvalue weighted by Crippen LogP contribution is 2.40. The number of aromatic nitrogens is 1. The standard InChI is InChI=1S/C12H22O3.C11H18N2O.C11H23NO.C10H19NO2.C8H11NO3.C8H15NO.C8H17N/c1-8(2)11(13)7-9-4-3-5-10(6-9)12(14)15;1-8(2)5-13-6-11(7-13)4-9(3)12-10(11)14;1-9(2)11(13)8-12-6-4-5-10(3)7-12;1-8(2)10(13)6-11(7-10)5-4-9(3)12;1-5(2)7-3-6(12-9-7)4-8(10)11;1-4-7-5-8(6(2)3)9-10-7;1-7(2)4-9-5-8(3)6-9/h8-11,13H,3-7H2,1-2H3,(H,14,15);8H,3-7H2,1-2H3,(H,12,14);9-11,13H,4-8H2,1-3H3;8,13H,4-7H2,1-3H3;3,5H,4H2,1-2H3,(H,10,11);6-7H,4-5H2,1-3H3;7-8H,4-6H2,1-3H3. The van der Waals surface area contributed by atoms with Crippen LogP contribution in [0.5, 0.6) is 0 Å². The normalized spacial score (nSPS) is 23.5. The molecule has 1 spiro atoms. The number of carboxylic acid groups (broad SMARTS) is 2. The molecule has 6 aliphatic heterocycles. The number of nitrogens with zero attached hydrogens (tertiary/aromatic N) is 6. The molecule has 1 amide bonds. The van der Waals surface area contributed by atoms with Gasteiger partial charge in [-0.1, -0.05) is 147 Å². The molecule has 18 heteroatoms. The number of carbonyl (C=O) groups is 4. The molecule has 0 bridgehead atoms. The first-order chi connectivity index (χ1) is 40.1. The quantitative estimate of drug-likeness (QED) is 0.0711. The molecular formula is C68H125N7O11. The fraction of sp³-hybridized carbons (Fsp3) is 0.853. The summed E-state index contributed by atoms with van der Waals surface area (Å²) in [7, 11) is 0. The molecule has 0 aromatic carbocycles. The van der Waals surface area contributed by atoms with Crippen LogP contribution in [0, 0.1) is 64.6 Å². The molecule has 18 nitrogen and oxygen atoms in total. The minimum Gasteiger partial charge on any atom is -0.481 e.